The maximum atomic E-state index is 13.8. The Hall–Kier alpha value is -9.84. The van der Waals surface area contributed by atoms with Crippen molar-refractivity contribution >= 4 is 35.1 Å². The van der Waals surface area contributed by atoms with E-state index in [-0.39, 0.29) is 34.2 Å². The summed E-state index contributed by atoms with van der Waals surface area (Å²) in [6, 6.07) is 15.4. The Morgan fingerprint density at radius 2 is 0.922 bits per heavy atom. The molecule has 77 heavy (non-hydrogen) atoms. The van der Waals surface area contributed by atoms with Crippen LogP contribution in [0.4, 0.5) is 64.1 Å². The standard InChI is InChI=1S/C23H14F6N2O7.C16H9F5O7.C7H7FN2O/c1-34-17-7-11(36-22(25,26)27)3-5-15(17)35-16-9-19-18(37-23(28,29)38-19)8-13(16)21(33)31-10-2-4-14(24)12(6-10)20(30)32;1-24-11-4-7(26-15(17,18)19)2-3-9(11)25-10-6-13-12(5-8(10)14(22)23)27-16(20,21)28-13;8-6-2-1-4(9)3-5(6)7(10)11/h2-9H,1H3,(H2,30,32)(H,31,33);2-6H,1H3,(H,22,23);1-3H,9H2,(H2,10,11). The third kappa shape index (κ3) is 14.7. The van der Waals surface area contributed by atoms with Gasteiger partial charge in [0.1, 0.15) is 40.2 Å². The normalized spacial score (nSPS) is 13.3. The van der Waals surface area contributed by atoms with Crippen molar-refractivity contribution in [3.05, 3.63) is 131 Å². The van der Waals surface area contributed by atoms with Crippen LogP contribution in [0.25, 0.3) is 0 Å². The molecule has 3 amide bonds. The van der Waals surface area contributed by atoms with Crippen LogP contribution in [-0.4, -0.2) is 68.3 Å². The second-order valence-corrected chi connectivity index (χ2v) is 14.8. The molecule has 2 heterocycles. The van der Waals surface area contributed by atoms with Gasteiger partial charge in [-0.25, -0.2) is 13.6 Å². The van der Waals surface area contributed by atoms with Gasteiger partial charge in [-0.1, -0.05) is 0 Å². The van der Waals surface area contributed by atoms with Gasteiger partial charge in [-0.15, -0.1) is 43.9 Å². The first-order chi connectivity index (χ1) is 35.8. The van der Waals surface area contributed by atoms with Crippen molar-refractivity contribution in [2.24, 2.45) is 11.5 Å². The molecule has 2 aliphatic rings. The van der Waals surface area contributed by atoms with E-state index >= 15 is 0 Å². The van der Waals surface area contributed by atoms with Crippen molar-refractivity contribution in [2.75, 3.05) is 25.3 Å². The van der Waals surface area contributed by atoms with Gasteiger partial charge in [0.25, 0.3) is 17.7 Å². The molecule has 2 aliphatic heterocycles. The van der Waals surface area contributed by atoms with E-state index in [4.69, 9.17) is 36.1 Å². The first kappa shape index (κ1) is 56.5. The maximum absolute atomic E-state index is 13.8. The molecule has 0 fully saturated rings. The van der Waals surface area contributed by atoms with Gasteiger partial charge in [0.2, 0.25) is 0 Å². The number of carbonyl (C=O) groups excluding carboxylic acids is 3. The van der Waals surface area contributed by atoms with E-state index in [1.807, 2.05) is 0 Å². The molecule has 0 spiro atoms. The molecule has 19 nitrogen and oxygen atoms in total. The van der Waals surface area contributed by atoms with Gasteiger partial charge in [-0.05, 0) is 60.7 Å². The summed E-state index contributed by atoms with van der Waals surface area (Å²) in [4.78, 5) is 46.4. The lowest BCUT2D eigenvalue weighted by molar-refractivity contribution is -0.287. The lowest BCUT2D eigenvalue weighted by atomic mass is 10.1. The molecule has 0 bridgehead atoms. The van der Waals surface area contributed by atoms with Crippen molar-refractivity contribution in [3.8, 4) is 69.0 Å². The zero-order valence-corrected chi connectivity index (χ0v) is 38.2. The Labute approximate surface area is 420 Å². The number of nitrogens with one attached hydrogen (secondary N) is 1. The monoisotopic (exact) mass is 1110 g/mol. The van der Waals surface area contributed by atoms with Crippen LogP contribution in [0, 0.1) is 11.6 Å². The van der Waals surface area contributed by atoms with Crippen LogP contribution in [0.1, 0.15) is 41.4 Å². The minimum atomic E-state index is -4.99. The molecule has 0 saturated carbocycles. The molecule has 0 radical (unpaired) electrons. The molecular formula is C46H30F12N4O15. The van der Waals surface area contributed by atoms with Crippen LogP contribution < -0.4 is 69.9 Å². The fraction of sp³-hybridized carbons (Fsp3) is 0.130. The molecule has 0 aliphatic carbocycles. The number of aromatic carboxylic acids is 1. The number of ether oxygens (including phenoxy) is 10. The van der Waals surface area contributed by atoms with E-state index in [0.717, 1.165) is 99.1 Å². The Kier molecular flexibility index (Phi) is 16.1. The fourth-order valence-corrected chi connectivity index (χ4v) is 6.29. The van der Waals surface area contributed by atoms with Crippen LogP contribution in [0.5, 0.6) is 69.0 Å². The van der Waals surface area contributed by atoms with Crippen molar-refractivity contribution in [2.45, 2.75) is 25.3 Å². The summed E-state index contributed by atoms with van der Waals surface area (Å²) in [6.07, 6.45) is -18.0. The van der Waals surface area contributed by atoms with Crippen LogP contribution in [0.3, 0.4) is 0 Å². The molecule has 0 aromatic heterocycles. The van der Waals surface area contributed by atoms with Crippen LogP contribution >= 0.6 is 0 Å². The van der Waals surface area contributed by atoms with E-state index in [9.17, 15) is 77.0 Å². The molecule has 6 aromatic rings. The number of carboxylic acid groups (broad SMARTS) is 1. The molecule has 408 valence electrons. The van der Waals surface area contributed by atoms with E-state index in [1.54, 1.807) is 0 Å². The van der Waals surface area contributed by atoms with Crippen molar-refractivity contribution < 1.29 is 124 Å². The smallest absolute Gasteiger partial charge is 0.493 e. The fourth-order valence-electron chi connectivity index (χ4n) is 6.29. The number of hydrogen-bond donors (Lipinski definition) is 5. The molecule has 8 rings (SSSR count). The number of hydrogen-bond acceptors (Lipinski definition) is 15. The van der Waals surface area contributed by atoms with E-state index in [1.165, 1.54) is 12.1 Å². The number of halogens is 12. The molecule has 6 aromatic carbocycles. The molecule has 0 atom stereocenters. The zero-order valence-electron chi connectivity index (χ0n) is 38.2. The molecule has 0 unspecified atom stereocenters. The number of carbonyl (C=O) groups is 4. The summed E-state index contributed by atoms with van der Waals surface area (Å²) in [5.74, 6) is -11.2. The number of alkyl halides is 10. The average molecular weight is 1110 g/mol. The lowest BCUT2D eigenvalue weighted by Crippen LogP contribution is -2.26. The minimum Gasteiger partial charge on any atom is -0.493 e. The number of carboxylic acids is 1. The van der Waals surface area contributed by atoms with Crippen molar-refractivity contribution in [3.63, 3.8) is 0 Å². The van der Waals surface area contributed by atoms with Gasteiger partial charge in [0, 0.05) is 47.8 Å². The molecule has 31 heteroatoms. The van der Waals surface area contributed by atoms with Gasteiger partial charge < -0.3 is 75.0 Å². The summed E-state index contributed by atoms with van der Waals surface area (Å²) < 4.78 is 200. The highest BCUT2D eigenvalue weighted by Gasteiger charge is 2.46. The number of primary amides is 2. The number of fused-ring (bicyclic) bond motifs is 2. The Balaban J connectivity index is 0.000000214. The number of rotatable bonds is 13. The summed E-state index contributed by atoms with van der Waals surface area (Å²) in [5.41, 5.74) is 13.8. The summed E-state index contributed by atoms with van der Waals surface area (Å²) in [5, 5.41) is 11.6. The first-order valence-corrected chi connectivity index (χ1v) is 20.4. The van der Waals surface area contributed by atoms with E-state index in [0.29, 0.717) is 5.69 Å². The second kappa shape index (κ2) is 21.9. The average Bonchev–Trinajstić information content (AvgIpc) is 3.81. The van der Waals surface area contributed by atoms with Gasteiger partial charge in [0.05, 0.1) is 30.9 Å². The SMILES string of the molecule is COc1cc(OC(F)(F)F)ccc1Oc1cc2c(cc1C(=O)Nc1ccc(F)c(C(N)=O)c1)OC(F)(F)O2.COc1cc(OC(F)(F)F)ccc1Oc1cc2c(cc1C(=O)O)OC(F)(F)O2.NC(=O)c1cc(N)ccc1F. The number of benzene rings is 6. The quantitative estimate of drug-likeness (QED) is 0.0531. The van der Waals surface area contributed by atoms with Crippen LogP contribution in [0.15, 0.2) is 97.1 Å². The minimum absolute atomic E-state index is 0.0922. The summed E-state index contributed by atoms with van der Waals surface area (Å²) >= 11 is 0. The lowest BCUT2D eigenvalue weighted by Gasteiger charge is -2.16. The van der Waals surface area contributed by atoms with E-state index in [2.05, 4.69) is 33.7 Å². The first-order valence-electron chi connectivity index (χ1n) is 20.4. The maximum Gasteiger partial charge on any atom is 0.586 e. The topological polar surface area (TPSA) is 271 Å². The van der Waals surface area contributed by atoms with Gasteiger partial charge in [-0.3, -0.25) is 14.4 Å². The van der Waals surface area contributed by atoms with Crippen molar-refractivity contribution in [1.82, 2.24) is 0 Å². The van der Waals surface area contributed by atoms with Crippen molar-refractivity contribution in [1.29, 1.82) is 0 Å². The molecular weight excluding hydrogens is 1080 g/mol. The van der Waals surface area contributed by atoms with Gasteiger partial charge >= 0.3 is 31.3 Å². The predicted molar refractivity (Wildman–Crippen MR) is 234 cm³/mol. The summed E-state index contributed by atoms with van der Waals surface area (Å²) in [6.45, 7) is 0. The Bertz CT molecular complexity index is 3270. The number of anilines is 2. The molecule has 8 N–H and O–H groups in total. The number of nitrogen functional groups attached to an aromatic ring is 1. The predicted octanol–water partition coefficient (Wildman–Crippen LogP) is 10.1. The van der Waals surface area contributed by atoms with Crippen LogP contribution in [0.2, 0.25) is 0 Å². The Morgan fingerprint density at radius 1 is 0.519 bits per heavy atom. The second-order valence-electron chi connectivity index (χ2n) is 14.8. The Morgan fingerprint density at radius 3 is 1.32 bits per heavy atom. The highest BCUT2D eigenvalue weighted by atomic mass is 19.4. The highest BCUT2D eigenvalue weighted by molar-refractivity contribution is 6.07. The van der Waals surface area contributed by atoms with Crippen LogP contribution in [-0.2, 0) is 0 Å². The zero-order chi connectivity index (χ0) is 56.9. The molecule has 0 saturated heterocycles. The summed E-state index contributed by atoms with van der Waals surface area (Å²) in [7, 11) is 2.23. The highest BCUT2D eigenvalue weighted by Crippen LogP contribution is 2.48. The largest absolute Gasteiger partial charge is 0.586 e. The number of nitrogens with two attached hydrogens (primary N) is 3. The third-order valence-electron chi connectivity index (χ3n) is 9.40. The van der Waals surface area contributed by atoms with Gasteiger partial charge in [-0.2, -0.15) is 0 Å². The van der Waals surface area contributed by atoms with Gasteiger partial charge in [0.15, 0.2) is 46.0 Å². The van der Waals surface area contributed by atoms with E-state index < -0.39 is 123 Å². The number of amides is 3. The number of methoxy groups -OCH3 is 2. The third-order valence-corrected chi connectivity index (χ3v) is 9.40.